The van der Waals surface area contributed by atoms with Crippen molar-refractivity contribution in [2.45, 2.75) is 72.3 Å². The van der Waals surface area contributed by atoms with E-state index in [9.17, 15) is 4.79 Å². The lowest BCUT2D eigenvalue weighted by molar-refractivity contribution is -0.160. The van der Waals surface area contributed by atoms with Crippen LogP contribution in [0.5, 0.6) is 0 Å². The fourth-order valence-electron chi connectivity index (χ4n) is 2.90. The van der Waals surface area contributed by atoms with E-state index in [-0.39, 0.29) is 18.0 Å². The standard InChI is InChI=1S/C15H28O2/c1-5-12(6-2)15(16)17-14-10-8-7-9-13(14)11(3)4/h11-14H,5-10H2,1-4H3/t13-,14-/m1/s1. The maximum absolute atomic E-state index is 12.0. The molecule has 1 aliphatic rings. The largest absolute Gasteiger partial charge is 0.462 e. The molecule has 0 aromatic carbocycles. The number of carbonyl (C=O) groups is 1. The Morgan fingerprint density at radius 3 is 2.29 bits per heavy atom. The molecule has 17 heavy (non-hydrogen) atoms. The Labute approximate surface area is 106 Å². The average Bonchev–Trinajstić information content (AvgIpc) is 2.31. The van der Waals surface area contributed by atoms with Crippen LogP contribution in [0.25, 0.3) is 0 Å². The first-order chi connectivity index (χ1) is 8.10. The van der Waals surface area contributed by atoms with Crippen LogP contribution in [0, 0.1) is 17.8 Å². The number of hydrogen-bond donors (Lipinski definition) is 0. The topological polar surface area (TPSA) is 26.3 Å². The normalized spacial score (nSPS) is 25.3. The van der Waals surface area contributed by atoms with Crippen LogP contribution in [0.4, 0.5) is 0 Å². The Balaban J connectivity index is 2.55. The van der Waals surface area contributed by atoms with Crippen molar-refractivity contribution in [2.24, 2.45) is 17.8 Å². The van der Waals surface area contributed by atoms with E-state index < -0.39 is 0 Å². The molecule has 0 radical (unpaired) electrons. The number of rotatable bonds is 5. The lowest BCUT2D eigenvalue weighted by atomic mass is 9.79. The molecule has 2 atom stereocenters. The van der Waals surface area contributed by atoms with Gasteiger partial charge >= 0.3 is 5.97 Å². The maximum Gasteiger partial charge on any atom is 0.309 e. The van der Waals surface area contributed by atoms with Crippen LogP contribution < -0.4 is 0 Å². The molecule has 2 nitrogen and oxygen atoms in total. The lowest BCUT2D eigenvalue weighted by Gasteiger charge is -2.34. The number of ether oxygens (including phenoxy) is 1. The molecule has 0 aromatic rings. The first kappa shape index (κ1) is 14.5. The second-order valence-electron chi connectivity index (χ2n) is 5.68. The van der Waals surface area contributed by atoms with E-state index in [2.05, 4.69) is 27.7 Å². The van der Waals surface area contributed by atoms with Gasteiger partial charge in [-0.3, -0.25) is 4.79 Å². The average molecular weight is 240 g/mol. The quantitative estimate of drug-likeness (QED) is 0.674. The van der Waals surface area contributed by atoms with Crippen molar-refractivity contribution in [3.05, 3.63) is 0 Å². The zero-order valence-corrected chi connectivity index (χ0v) is 11.9. The van der Waals surface area contributed by atoms with Gasteiger partial charge in [-0.05, 0) is 43.9 Å². The molecule has 0 spiro atoms. The second-order valence-corrected chi connectivity index (χ2v) is 5.68. The summed E-state index contributed by atoms with van der Waals surface area (Å²) >= 11 is 0. The number of esters is 1. The Bertz CT molecular complexity index is 231. The van der Waals surface area contributed by atoms with Gasteiger partial charge in [0.1, 0.15) is 6.10 Å². The van der Waals surface area contributed by atoms with Gasteiger partial charge in [0, 0.05) is 0 Å². The van der Waals surface area contributed by atoms with E-state index in [1.54, 1.807) is 0 Å². The summed E-state index contributed by atoms with van der Waals surface area (Å²) in [6.07, 6.45) is 6.76. The Morgan fingerprint density at radius 1 is 1.18 bits per heavy atom. The number of carbonyl (C=O) groups excluding carboxylic acids is 1. The van der Waals surface area contributed by atoms with Gasteiger partial charge in [-0.15, -0.1) is 0 Å². The molecule has 100 valence electrons. The summed E-state index contributed by atoms with van der Waals surface area (Å²) < 4.78 is 5.77. The summed E-state index contributed by atoms with van der Waals surface area (Å²) in [5.74, 6) is 1.33. The Hall–Kier alpha value is -0.530. The van der Waals surface area contributed by atoms with E-state index in [4.69, 9.17) is 4.74 Å². The van der Waals surface area contributed by atoms with Crippen LogP contribution in [0.1, 0.15) is 66.2 Å². The highest BCUT2D eigenvalue weighted by molar-refractivity contribution is 5.72. The maximum atomic E-state index is 12.0. The van der Waals surface area contributed by atoms with Crippen LogP contribution in [0.2, 0.25) is 0 Å². The highest BCUT2D eigenvalue weighted by atomic mass is 16.5. The van der Waals surface area contributed by atoms with Crippen LogP contribution in [0.3, 0.4) is 0 Å². The van der Waals surface area contributed by atoms with Gasteiger partial charge in [0.2, 0.25) is 0 Å². The fraction of sp³-hybridized carbons (Fsp3) is 0.933. The molecule has 1 fully saturated rings. The molecule has 0 aromatic heterocycles. The van der Waals surface area contributed by atoms with Gasteiger partial charge in [-0.2, -0.15) is 0 Å². The number of hydrogen-bond acceptors (Lipinski definition) is 2. The molecule has 2 heteroatoms. The van der Waals surface area contributed by atoms with Gasteiger partial charge in [0.05, 0.1) is 5.92 Å². The molecule has 0 bridgehead atoms. The zero-order chi connectivity index (χ0) is 12.8. The van der Waals surface area contributed by atoms with Crippen molar-refractivity contribution in [1.82, 2.24) is 0 Å². The monoisotopic (exact) mass is 240 g/mol. The highest BCUT2D eigenvalue weighted by Crippen LogP contribution is 2.33. The predicted molar refractivity (Wildman–Crippen MR) is 70.7 cm³/mol. The zero-order valence-electron chi connectivity index (χ0n) is 11.9. The van der Waals surface area contributed by atoms with Crippen molar-refractivity contribution >= 4 is 5.97 Å². The van der Waals surface area contributed by atoms with Gasteiger partial charge in [0.25, 0.3) is 0 Å². The molecule has 0 heterocycles. The molecule has 0 saturated heterocycles. The summed E-state index contributed by atoms with van der Waals surface area (Å²) in [7, 11) is 0. The van der Waals surface area contributed by atoms with E-state index in [0.29, 0.717) is 11.8 Å². The summed E-state index contributed by atoms with van der Waals surface area (Å²) in [5.41, 5.74) is 0. The molecule has 0 N–H and O–H groups in total. The van der Waals surface area contributed by atoms with E-state index >= 15 is 0 Å². The Morgan fingerprint density at radius 2 is 1.76 bits per heavy atom. The van der Waals surface area contributed by atoms with Crippen LogP contribution in [-0.4, -0.2) is 12.1 Å². The molecule has 1 aliphatic carbocycles. The summed E-state index contributed by atoms with van der Waals surface area (Å²) in [5, 5.41) is 0. The van der Waals surface area contributed by atoms with Crippen LogP contribution >= 0.6 is 0 Å². The van der Waals surface area contributed by atoms with Crippen molar-refractivity contribution in [3.63, 3.8) is 0 Å². The van der Waals surface area contributed by atoms with Crippen molar-refractivity contribution in [1.29, 1.82) is 0 Å². The minimum atomic E-state index is 0.0348. The third-order valence-corrected chi connectivity index (χ3v) is 4.20. The van der Waals surface area contributed by atoms with E-state index in [1.165, 1.54) is 19.3 Å². The third kappa shape index (κ3) is 4.01. The second kappa shape index (κ2) is 7.03. The van der Waals surface area contributed by atoms with Crippen LogP contribution in [0.15, 0.2) is 0 Å². The fourth-order valence-corrected chi connectivity index (χ4v) is 2.90. The van der Waals surface area contributed by atoms with Crippen molar-refractivity contribution < 1.29 is 9.53 Å². The van der Waals surface area contributed by atoms with Gasteiger partial charge in [-0.25, -0.2) is 0 Å². The first-order valence-corrected chi connectivity index (χ1v) is 7.30. The van der Waals surface area contributed by atoms with Crippen LogP contribution in [-0.2, 0) is 9.53 Å². The smallest absolute Gasteiger partial charge is 0.309 e. The van der Waals surface area contributed by atoms with Gasteiger partial charge in [-0.1, -0.05) is 34.1 Å². The molecule has 0 amide bonds. The molecule has 0 unspecified atom stereocenters. The Kier molecular flexibility index (Phi) is 6.01. The molecule has 1 saturated carbocycles. The van der Waals surface area contributed by atoms with Crippen molar-refractivity contribution in [3.8, 4) is 0 Å². The van der Waals surface area contributed by atoms with Crippen molar-refractivity contribution in [2.75, 3.05) is 0 Å². The SMILES string of the molecule is CCC(CC)C(=O)O[C@@H]1CCCC[C@@H]1C(C)C. The van der Waals surface area contributed by atoms with Gasteiger partial charge in [0.15, 0.2) is 0 Å². The molecular formula is C15H28O2. The lowest BCUT2D eigenvalue weighted by Crippen LogP contribution is -2.35. The summed E-state index contributed by atoms with van der Waals surface area (Å²) in [6.45, 7) is 8.62. The first-order valence-electron chi connectivity index (χ1n) is 7.30. The van der Waals surface area contributed by atoms with E-state index in [1.807, 2.05) is 0 Å². The van der Waals surface area contributed by atoms with E-state index in [0.717, 1.165) is 19.3 Å². The minimum absolute atomic E-state index is 0.0348. The minimum Gasteiger partial charge on any atom is -0.462 e. The highest BCUT2D eigenvalue weighted by Gasteiger charge is 2.31. The molecular weight excluding hydrogens is 212 g/mol. The van der Waals surface area contributed by atoms with Gasteiger partial charge < -0.3 is 4.74 Å². The third-order valence-electron chi connectivity index (χ3n) is 4.20. The summed E-state index contributed by atoms with van der Waals surface area (Å²) in [4.78, 5) is 12.0. The molecule has 0 aliphatic heterocycles. The predicted octanol–water partition coefficient (Wildman–Crippen LogP) is 4.18. The molecule has 1 rings (SSSR count). The summed E-state index contributed by atoms with van der Waals surface area (Å²) in [6, 6.07) is 0.